The molecule has 0 saturated carbocycles. The number of ether oxygens (including phenoxy) is 3. The molecule has 15 heteroatoms. The Morgan fingerprint density at radius 2 is 1.43 bits per heavy atom. The summed E-state index contributed by atoms with van der Waals surface area (Å²) in [4.78, 5) is 62.2. The Hall–Kier alpha value is -5.09. The van der Waals surface area contributed by atoms with Crippen LogP contribution in [0.25, 0.3) is 33.6 Å². The number of carbonyl (C=O) groups excluding carboxylic acids is 3. The topological polar surface area (TPSA) is 170 Å². The average molecular weight is 794 g/mol. The van der Waals surface area contributed by atoms with Crippen molar-refractivity contribution in [3.63, 3.8) is 0 Å². The molecule has 0 spiro atoms. The summed E-state index contributed by atoms with van der Waals surface area (Å²) in [6.07, 6.45) is 6.16. The van der Waals surface area contributed by atoms with Crippen molar-refractivity contribution in [1.29, 1.82) is 0 Å². The molecule has 308 valence electrons. The highest BCUT2D eigenvalue weighted by Gasteiger charge is 2.47. The molecule has 6 atom stereocenters. The number of rotatable bonds is 9. The summed E-state index contributed by atoms with van der Waals surface area (Å²) < 4.78 is 16.2. The third-order valence-corrected chi connectivity index (χ3v) is 12.2. The summed E-state index contributed by atoms with van der Waals surface area (Å²) in [6, 6.07) is 11.6. The normalized spacial score (nSPS) is 25.1. The zero-order valence-corrected chi connectivity index (χ0v) is 34.4. The van der Waals surface area contributed by atoms with Crippen LogP contribution in [0, 0.1) is 5.92 Å². The van der Waals surface area contributed by atoms with E-state index >= 15 is 0 Å². The van der Waals surface area contributed by atoms with Gasteiger partial charge in [0.05, 0.1) is 49.1 Å². The fourth-order valence-corrected chi connectivity index (χ4v) is 9.16. The molecule has 2 aromatic heterocycles. The number of aromatic amines is 2. The van der Waals surface area contributed by atoms with Gasteiger partial charge in [0.15, 0.2) is 0 Å². The standard InChI is InChI=1S/C43H55N9O6/c1-24(2)36(48-42(55)56-6)40(53)51-16-8-10-34(51)38-44-20-32(46-38)26-12-14-30-28(18-26)22-50(5)23-29-19-27(13-15-31(29)30)33-21-45-39(47-33)35-11-9-17-52(35)41(54)37-25(3)58-43(4,49-37)57-7/h12-15,18-21,24-25,34-37,49H,8-11,16-17,22-23H2,1-7H3,(H,44,46)(H,45,47)(H,48,55)/t25?,34-,35-,36-,37-,43?/m0/s1. The fraction of sp³-hybridized carbons (Fsp3) is 0.512. The molecule has 4 aliphatic rings. The maximum Gasteiger partial charge on any atom is 0.407 e. The maximum absolute atomic E-state index is 13.8. The van der Waals surface area contributed by atoms with Gasteiger partial charge in [-0.1, -0.05) is 38.1 Å². The number of nitrogens with one attached hydrogen (secondary N) is 4. The van der Waals surface area contributed by atoms with Gasteiger partial charge in [0.2, 0.25) is 17.7 Å². The van der Waals surface area contributed by atoms with Gasteiger partial charge in [-0.3, -0.25) is 19.8 Å². The molecule has 58 heavy (non-hydrogen) atoms. The first-order valence-electron chi connectivity index (χ1n) is 20.4. The van der Waals surface area contributed by atoms with Crippen molar-refractivity contribution in [2.75, 3.05) is 34.4 Å². The van der Waals surface area contributed by atoms with E-state index in [0.717, 1.165) is 72.9 Å². The SMILES string of the molecule is COC(=O)N[C@H](C(=O)N1CCC[C@H]1c1ncc(-c2ccc3c(c2)CN(C)Cc2cc(-c4cnc([C@@H]5CCCN5C(=O)[C@H]5NC(C)(OC)OC5C)[nH]4)ccc2-3)[nH]1)C(C)C. The van der Waals surface area contributed by atoms with Crippen LogP contribution in [0.1, 0.15) is 88.2 Å². The second kappa shape index (κ2) is 15.9. The lowest BCUT2D eigenvalue weighted by Crippen LogP contribution is -2.51. The first-order chi connectivity index (χ1) is 27.9. The van der Waals surface area contributed by atoms with Gasteiger partial charge in [0.1, 0.15) is 23.7 Å². The lowest BCUT2D eigenvalue weighted by atomic mass is 9.93. The third-order valence-electron chi connectivity index (χ3n) is 12.2. The van der Waals surface area contributed by atoms with Crippen molar-refractivity contribution in [1.82, 2.24) is 45.3 Å². The van der Waals surface area contributed by atoms with Crippen LogP contribution in [-0.2, 0) is 36.9 Å². The number of methoxy groups -OCH3 is 2. The molecule has 15 nitrogen and oxygen atoms in total. The lowest BCUT2D eigenvalue weighted by Gasteiger charge is -2.30. The molecule has 0 aliphatic carbocycles. The second-order valence-electron chi connectivity index (χ2n) is 16.6. The van der Waals surface area contributed by atoms with Gasteiger partial charge in [-0.05, 0) is 91.1 Å². The van der Waals surface area contributed by atoms with Gasteiger partial charge < -0.3 is 39.3 Å². The van der Waals surface area contributed by atoms with Crippen molar-refractivity contribution in [2.45, 2.75) is 103 Å². The van der Waals surface area contributed by atoms with Crippen LogP contribution in [0.3, 0.4) is 0 Å². The van der Waals surface area contributed by atoms with E-state index < -0.39 is 24.1 Å². The quantitative estimate of drug-likeness (QED) is 0.170. The van der Waals surface area contributed by atoms with Gasteiger partial charge in [-0.15, -0.1) is 0 Å². The molecular formula is C43H55N9O6. The number of fused-ring (bicyclic) bond motifs is 3. The predicted molar refractivity (Wildman–Crippen MR) is 217 cm³/mol. The van der Waals surface area contributed by atoms with Crippen LogP contribution >= 0.6 is 0 Å². The monoisotopic (exact) mass is 793 g/mol. The number of aromatic nitrogens is 4. The van der Waals surface area contributed by atoms with Gasteiger partial charge >= 0.3 is 6.09 Å². The van der Waals surface area contributed by atoms with Crippen LogP contribution in [0.4, 0.5) is 4.79 Å². The number of hydrogen-bond acceptors (Lipinski definition) is 10. The van der Waals surface area contributed by atoms with Crippen molar-refractivity contribution in [3.8, 4) is 33.6 Å². The van der Waals surface area contributed by atoms with E-state index in [9.17, 15) is 14.4 Å². The Morgan fingerprint density at radius 3 is 1.95 bits per heavy atom. The summed E-state index contributed by atoms with van der Waals surface area (Å²) in [5, 5.41) is 5.95. The van der Waals surface area contributed by atoms with Crippen molar-refractivity contribution in [3.05, 3.63) is 71.6 Å². The van der Waals surface area contributed by atoms with E-state index in [0.29, 0.717) is 13.1 Å². The molecule has 6 heterocycles. The second-order valence-corrected chi connectivity index (χ2v) is 16.6. The molecule has 4 N–H and O–H groups in total. The molecule has 3 fully saturated rings. The average Bonchev–Trinajstić information content (AvgIpc) is 4.06. The summed E-state index contributed by atoms with van der Waals surface area (Å²) >= 11 is 0. The molecule has 3 amide bonds. The lowest BCUT2D eigenvalue weighted by molar-refractivity contribution is -0.207. The van der Waals surface area contributed by atoms with Crippen molar-refractivity contribution < 1.29 is 28.6 Å². The number of nitrogens with zero attached hydrogens (tertiary/aromatic N) is 5. The first-order valence-corrected chi connectivity index (χ1v) is 20.4. The minimum absolute atomic E-state index is 0.00447. The fourth-order valence-electron chi connectivity index (χ4n) is 9.16. The van der Waals surface area contributed by atoms with E-state index in [2.05, 4.69) is 68.9 Å². The molecule has 8 rings (SSSR count). The number of carbonyl (C=O) groups is 3. The Labute approximate surface area is 339 Å². The number of H-pyrrole nitrogens is 2. The van der Waals surface area contributed by atoms with Crippen molar-refractivity contribution in [2.24, 2.45) is 5.92 Å². The highest BCUT2D eigenvalue weighted by Crippen LogP contribution is 2.39. The smallest absolute Gasteiger partial charge is 0.407 e. The number of hydrogen-bond donors (Lipinski definition) is 4. The number of benzene rings is 2. The Morgan fingerprint density at radius 1 is 0.879 bits per heavy atom. The van der Waals surface area contributed by atoms with Crippen LogP contribution in [0.2, 0.25) is 0 Å². The van der Waals surface area contributed by atoms with Crippen molar-refractivity contribution >= 4 is 17.9 Å². The molecule has 3 saturated heterocycles. The first kappa shape index (κ1) is 39.7. The van der Waals surface area contributed by atoms with Crippen LogP contribution in [-0.4, -0.2) is 111 Å². The number of alkyl carbamates (subject to hydrolysis) is 1. The van der Waals surface area contributed by atoms with Crippen LogP contribution < -0.4 is 10.6 Å². The summed E-state index contributed by atoms with van der Waals surface area (Å²) in [7, 11) is 5.00. The molecule has 4 aliphatic heterocycles. The summed E-state index contributed by atoms with van der Waals surface area (Å²) in [6.45, 7) is 10.3. The molecule has 2 unspecified atom stereocenters. The van der Waals surface area contributed by atoms with Gasteiger partial charge in [-0.2, -0.15) is 0 Å². The zero-order chi connectivity index (χ0) is 40.9. The van der Waals surface area contributed by atoms with Gasteiger partial charge in [0.25, 0.3) is 0 Å². The van der Waals surface area contributed by atoms with Gasteiger partial charge in [0, 0.05) is 40.2 Å². The molecule has 0 radical (unpaired) electrons. The third kappa shape index (κ3) is 7.51. The Bertz CT molecular complexity index is 2180. The summed E-state index contributed by atoms with van der Waals surface area (Å²) in [5.41, 5.74) is 8.69. The van der Waals surface area contributed by atoms with Crippen LogP contribution in [0.5, 0.6) is 0 Å². The maximum atomic E-state index is 13.8. The molecule has 4 aromatic rings. The van der Waals surface area contributed by atoms with Crippen LogP contribution in [0.15, 0.2) is 48.8 Å². The summed E-state index contributed by atoms with van der Waals surface area (Å²) in [5.74, 6) is 0.298. The van der Waals surface area contributed by atoms with E-state index in [4.69, 9.17) is 24.2 Å². The zero-order valence-electron chi connectivity index (χ0n) is 34.4. The Kier molecular flexibility index (Phi) is 10.9. The number of likely N-dealkylation sites (tertiary alicyclic amines) is 2. The molecule has 0 bridgehead atoms. The molecular weight excluding hydrogens is 739 g/mol. The highest BCUT2D eigenvalue weighted by molar-refractivity contribution is 5.86. The van der Waals surface area contributed by atoms with Gasteiger partial charge in [-0.25, -0.2) is 14.8 Å². The van der Waals surface area contributed by atoms with E-state index in [1.807, 2.05) is 43.0 Å². The highest BCUT2D eigenvalue weighted by atomic mass is 16.7. The Balaban J connectivity index is 0.995. The van der Waals surface area contributed by atoms with E-state index in [1.54, 1.807) is 14.0 Å². The predicted octanol–water partition coefficient (Wildman–Crippen LogP) is 5.48. The molecule has 2 aromatic carbocycles. The minimum atomic E-state index is -0.994. The minimum Gasteiger partial charge on any atom is -0.453 e. The van der Waals surface area contributed by atoms with E-state index in [1.165, 1.54) is 29.4 Å². The van der Waals surface area contributed by atoms with E-state index in [-0.39, 0.29) is 35.9 Å². The largest absolute Gasteiger partial charge is 0.453 e. The number of amides is 3. The number of imidazole rings is 2.